The summed E-state index contributed by atoms with van der Waals surface area (Å²) in [5, 5.41) is 2.83. The average Bonchev–Trinajstić information content (AvgIpc) is 3.21. The predicted octanol–water partition coefficient (Wildman–Crippen LogP) is 3.53. The van der Waals surface area contributed by atoms with E-state index >= 15 is 4.39 Å². The van der Waals surface area contributed by atoms with Crippen LogP contribution in [-0.4, -0.2) is 67.2 Å². The Bertz CT molecular complexity index is 1150. The number of hydrogen-bond acceptors (Lipinski definition) is 7. The summed E-state index contributed by atoms with van der Waals surface area (Å²) in [5.41, 5.74) is 5.74. The number of nitrogens with two attached hydrogens (primary N) is 1. The van der Waals surface area contributed by atoms with Crippen molar-refractivity contribution in [3.63, 3.8) is 0 Å². The van der Waals surface area contributed by atoms with Gasteiger partial charge in [0.15, 0.2) is 17.3 Å². The number of halogens is 1. The van der Waals surface area contributed by atoms with Gasteiger partial charge in [-0.05, 0) is 51.5 Å². The number of carbonyl (C=O) groups is 3. The molecule has 1 saturated heterocycles. The normalized spacial score (nSPS) is 17.3. The molecule has 0 saturated carbocycles. The minimum absolute atomic E-state index is 0.0727. The third-order valence-electron chi connectivity index (χ3n) is 5.72. The lowest BCUT2D eigenvalue weighted by Crippen LogP contribution is -2.46. The minimum atomic E-state index is -0.812. The summed E-state index contributed by atoms with van der Waals surface area (Å²) in [5.74, 6) is -1.77. The highest BCUT2D eigenvalue weighted by Gasteiger charge is 2.36. The molecule has 0 aliphatic carbocycles. The number of hydrogen-bond donors (Lipinski definition) is 2. The highest BCUT2D eigenvalue weighted by Crippen LogP contribution is 2.31. The first-order valence-corrected chi connectivity index (χ1v) is 12.1. The number of nitrogens with zero attached hydrogens (tertiary/aromatic N) is 1. The Kier molecular flexibility index (Phi) is 8.75. The molecule has 2 aromatic carbocycles. The molecule has 3 rings (SSSR count). The molecule has 0 bridgehead atoms. The first-order valence-electron chi connectivity index (χ1n) is 12.1. The van der Waals surface area contributed by atoms with Gasteiger partial charge in [0.25, 0.3) is 5.91 Å². The van der Waals surface area contributed by atoms with Gasteiger partial charge in [0.05, 0.1) is 19.8 Å². The topological polar surface area (TPSA) is 120 Å². The van der Waals surface area contributed by atoms with Gasteiger partial charge in [-0.1, -0.05) is 19.1 Å². The van der Waals surface area contributed by atoms with Crippen molar-refractivity contribution in [3.8, 4) is 11.5 Å². The van der Waals surface area contributed by atoms with E-state index in [1.54, 1.807) is 20.8 Å². The Hall–Kier alpha value is -3.66. The van der Waals surface area contributed by atoms with Gasteiger partial charge in [0.1, 0.15) is 16.9 Å². The second-order valence-electron chi connectivity index (χ2n) is 9.84. The average molecular weight is 516 g/mol. The number of nitrogens with one attached hydrogen (secondary N) is 1. The Morgan fingerprint density at radius 3 is 2.27 bits per heavy atom. The van der Waals surface area contributed by atoms with E-state index in [1.807, 2.05) is 6.92 Å². The van der Waals surface area contributed by atoms with Crippen molar-refractivity contribution in [2.75, 3.05) is 26.8 Å². The van der Waals surface area contributed by atoms with Crippen molar-refractivity contribution in [2.45, 2.75) is 51.8 Å². The van der Waals surface area contributed by atoms with Crippen molar-refractivity contribution in [2.24, 2.45) is 5.73 Å². The van der Waals surface area contributed by atoms with Gasteiger partial charge in [-0.25, -0.2) is 9.18 Å². The van der Waals surface area contributed by atoms with Gasteiger partial charge in [-0.3, -0.25) is 9.59 Å². The maximum atomic E-state index is 15.0. The summed E-state index contributed by atoms with van der Waals surface area (Å²) in [4.78, 5) is 39.8. The summed E-state index contributed by atoms with van der Waals surface area (Å²) < 4.78 is 31.0. The van der Waals surface area contributed by atoms with Crippen LogP contribution < -0.4 is 20.5 Å². The Labute approximate surface area is 216 Å². The molecular weight excluding hydrogens is 481 g/mol. The number of likely N-dealkylation sites (tertiary alicyclic amines) is 1. The Morgan fingerprint density at radius 1 is 1.05 bits per heavy atom. The van der Waals surface area contributed by atoms with Crippen LogP contribution in [-0.2, 0) is 4.74 Å². The third kappa shape index (κ3) is 6.76. The molecule has 2 unspecified atom stereocenters. The molecule has 3 N–H and O–H groups in total. The Morgan fingerprint density at radius 2 is 1.68 bits per heavy atom. The molecule has 10 heteroatoms. The second kappa shape index (κ2) is 11.6. The third-order valence-corrected chi connectivity index (χ3v) is 5.72. The fourth-order valence-corrected chi connectivity index (χ4v) is 3.87. The van der Waals surface area contributed by atoms with E-state index in [0.29, 0.717) is 13.0 Å². The van der Waals surface area contributed by atoms with E-state index in [0.717, 1.165) is 0 Å². The van der Waals surface area contributed by atoms with E-state index in [9.17, 15) is 14.4 Å². The van der Waals surface area contributed by atoms with E-state index in [1.165, 1.54) is 48.4 Å². The number of ketones is 1. The lowest BCUT2D eigenvalue weighted by molar-refractivity contribution is 0.0288. The van der Waals surface area contributed by atoms with Gasteiger partial charge in [-0.2, -0.15) is 0 Å². The summed E-state index contributed by atoms with van der Waals surface area (Å²) in [7, 11) is 1.32. The van der Waals surface area contributed by atoms with Gasteiger partial charge in [0.2, 0.25) is 0 Å². The number of methoxy groups -OCH3 is 1. The molecule has 0 spiro atoms. The summed E-state index contributed by atoms with van der Waals surface area (Å²) in [6, 6.07) is 7.81. The predicted molar refractivity (Wildman–Crippen MR) is 136 cm³/mol. The van der Waals surface area contributed by atoms with Crippen LogP contribution in [0, 0.1) is 5.82 Å². The van der Waals surface area contributed by atoms with Gasteiger partial charge >= 0.3 is 6.09 Å². The monoisotopic (exact) mass is 515 g/mol. The molecule has 200 valence electrons. The van der Waals surface area contributed by atoms with Crippen LogP contribution in [0.5, 0.6) is 11.5 Å². The number of rotatable bonds is 8. The molecule has 1 aliphatic heterocycles. The number of ether oxygens (including phenoxy) is 3. The molecule has 37 heavy (non-hydrogen) atoms. The zero-order chi connectivity index (χ0) is 27.3. The van der Waals surface area contributed by atoms with E-state index in [2.05, 4.69) is 5.32 Å². The zero-order valence-electron chi connectivity index (χ0n) is 21.8. The molecular formula is C27H34FN3O6. The Balaban J connectivity index is 1.72. The molecule has 2 amide bonds. The van der Waals surface area contributed by atoms with Crippen LogP contribution in [0.2, 0.25) is 0 Å². The summed E-state index contributed by atoms with van der Waals surface area (Å²) in [6.07, 6.45) is 0.195. The van der Waals surface area contributed by atoms with Crippen LogP contribution >= 0.6 is 0 Å². The van der Waals surface area contributed by atoms with Gasteiger partial charge in [-0.15, -0.1) is 0 Å². The van der Waals surface area contributed by atoms with E-state index in [4.69, 9.17) is 19.9 Å². The first-order chi connectivity index (χ1) is 17.4. The summed E-state index contributed by atoms with van der Waals surface area (Å²) in [6.45, 7) is 8.01. The quantitative estimate of drug-likeness (QED) is 0.516. The van der Waals surface area contributed by atoms with Crippen molar-refractivity contribution in [1.82, 2.24) is 10.2 Å². The van der Waals surface area contributed by atoms with Crippen molar-refractivity contribution >= 4 is 17.8 Å². The van der Waals surface area contributed by atoms with Crippen LogP contribution in [0.3, 0.4) is 0 Å². The maximum Gasteiger partial charge on any atom is 0.410 e. The molecule has 1 fully saturated rings. The molecule has 0 aromatic heterocycles. The fourth-order valence-electron chi connectivity index (χ4n) is 3.87. The largest absolute Gasteiger partial charge is 0.494 e. The van der Waals surface area contributed by atoms with Crippen LogP contribution in [0.1, 0.15) is 60.4 Å². The van der Waals surface area contributed by atoms with E-state index in [-0.39, 0.29) is 41.3 Å². The molecule has 9 nitrogen and oxygen atoms in total. The second-order valence-corrected chi connectivity index (χ2v) is 9.84. The smallest absolute Gasteiger partial charge is 0.410 e. The van der Waals surface area contributed by atoms with Crippen molar-refractivity contribution in [1.29, 1.82) is 0 Å². The minimum Gasteiger partial charge on any atom is -0.494 e. The maximum absolute atomic E-state index is 15.0. The summed E-state index contributed by atoms with van der Waals surface area (Å²) >= 11 is 0. The van der Waals surface area contributed by atoms with Crippen molar-refractivity contribution < 1.29 is 33.0 Å². The van der Waals surface area contributed by atoms with Gasteiger partial charge < -0.3 is 30.2 Å². The highest BCUT2D eigenvalue weighted by atomic mass is 19.1. The lowest BCUT2D eigenvalue weighted by Gasteiger charge is -2.24. The molecule has 0 radical (unpaired) electrons. The standard InChI is InChI=1S/C27H34FN3O6/c1-6-13-36-20-11-12-21(35-5)23(28)22(20)24(32)16-7-9-17(10-8-16)25(33)30-19-15-31(14-18(19)29)26(34)37-27(2,3)4/h7-12,18-19H,6,13-15,29H2,1-5H3,(H,30,33). The van der Waals surface area contributed by atoms with E-state index < -0.39 is 41.3 Å². The molecule has 1 aliphatic rings. The van der Waals surface area contributed by atoms with Crippen molar-refractivity contribution in [3.05, 3.63) is 58.9 Å². The highest BCUT2D eigenvalue weighted by molar-refractivity contribution is 6.11. The number of carbonyl (C=O) groups excluding carboxylic acids is 3. The van der Waals surface area contributed by atoms with Gasteiger partial charge in [0, 0.05) is 30.3 Å². The van der Waals surface area contributed by atoms with Crippen LogP contribution in [0.25, 0.3) is 0 Å². The lowest BCUT2D eigenvalue weighted by atomic mass is 10.00. The molecule has 2 atom stereocenters. The molecule has 2 aromatic rings. The molecule has 1 heterocycles. The first kappa shape index (κ1) is 27.9. The SMILES string of the molecule is CCCOc1ccc(OC)c(F)c1C(=O)c1ccc(C(=O)NC2CN(C(=O)OC(C)(C)C)CC2N)cc1. The van der Waals surface area contributed by atoms with Crippen LogP contribution in [0.15, 0.2) is 36.4 Å². The van der Waals surface area contributed by atoms with Crippen LogP contribution in [0.4, 0.5) is 9.18 Å². The fraction of sp³-hybridized carbons (Fsp3) is 0.444. The number of amides is 2. The zero-order valence-corrected chi connectivity index (χ0v) is 21.8. The number of benzene rings is 2.